The first-order valence-electron chi connectivity index (χ1n) is 4.90. The molecule has 0 heterocycles. The van der Waals surface area contributed by atoms with Crippen LogP contribution in [0.5, 0.6) is 0 Å². The number of methoxy groups -OCH3 is 1. The zero-order valence-corrected chi connectivity index (χ0v) is 9.36. The first kappa shape index (κ1) is 12.2. The molecule has 0 aromatic heterocycles. The van der Waals surface area contributed by atoms with Gasteiger partial charge in [-0.25, -0.2) is 0 Å². The number of hydrogen-bond acceptors (Lipinski definition) is 4. The molecule has 0 N–H and O–H groups in total. The largest absolute Gasteiger partial charge is 0.469 e. The molecule has 1 aromatic carbocycles. The van der Waals surface area contributed by atoms with Gasteiger partial charge in [0.2, 0.25) is 0 Å². The van der Waals surface area contributed by atoms with E-state index in [-0.39, 0.29) is 25.0 Å². The number of hydrogen-bond donors (Lipinski definition) is 0. The van der Waals surface area contributed by atoms with Crippen molar-refractivity contribution in [2.45, 2.75) is 20.0 Å². The lowest BCUT2D eigenvalue weighted by Crippen LogP contribution is -2.05. The van der Waals surface area contributed by atoms with Crippen LogP contribution in [0.4, 0.5) is 0 Å². The summed E-state index contributed by atoms with van der Waals surface area (Å²) >= 11 is 0. The maximum Gasteiger partial charge on any atom is 0.309 e. The molecular formula is C12H14O4. The first-order valence-corrected chi connectivity index (χ1v) is 4.90. The average molecular weight is 222 g/mol. The lowest BCUT2D eigenvalue weighted by Gasteiger charge is -2.04. The first-order chi connectivity index (χ1) is 7.61. The summed E-state index contributed by atoms with van der Waals surface area (Å²) in [7, 11) is 1.35. The quantitative estimate of drug-likeness (QED) is 0.724. The van der Waals surface area contributed by atoms with Crippen molar-refractivity contribution in [1.29, 1.82) is 0 Å². The van der Waals surface area contributed by atoms with Crippen LogP contribution in [0, 0.1) is 0 Å². The fourth-order valence-corrected chi connectivity index (χ4v) is 1.25. The lowest BCUT2D eigenvalue weighted by atomic mass is 10.1. The Bertz CT molecular complexity index is 384. The van der Waals surface area contributed by atoms with Crippen LogP contribution < -0.4 is 0 Å². The normalized spacial score (nSPS) is 9.62. The van der Waals surface area contributed by atoms with E-state index in [1.54, 1.807) is 0 Å². The van der Waals surface area contributed by atoms with E-state index in [1.807, 2.05) is 24.3 Å². The summed E-state index contributed by atoms with van der Waals surface area (Å²) in [5.74, 6) is -0.608. The van der Waals surface area contributed by atoms with Crippen molar-refractivity contribution in [1.82, 2.24) is 0 Å². The summed E-state index contributed by atoms with van der Waals surface area (Å²) in [6.45, 7) is 1.59. The molecule has 4 heteroatoms. The molecule has 0 fully saturated rings. The highest BCUT2D eigenvalue weighted by atomic mass is 16.5. The Morgan fingerprint density at radius 3 is 2.56 bits per heavy atom. The molecular weight excluding hydrogens is 208 g/mol. The standard InChI is InChI=1S/C12H14O4/c1-9(13)16-8-11-5-3-4-10(6-11)7-12(14)15-2/h3-6H,7-8H2,1-2H3. The highest BCUT2D eigenvalue weighted by Gasteiger charge is 2.04. The molecule has 0 aliphatic rings. The second kappa shape index (κ2) is 5.90. The fourth-order valence-electron chi connectivity index (χ4n) is 1.25. The Morgan fingerprint density at radius 1 is 1.25 bits per heavy atom. The van der Waals surface area contributed by atoms with Crippen molar-refractivity contribution >= 4 is 11.9 Å². The minimum Gasteiger partial charge on any atom is -0.469 e. The van der Waals surface area contributed by atoms with Crippen molar-refractivity contribution in [3.63, 3.8) is 0 Å². The van der Waals surface area contributed by atoms with Gasteiger partial charge in [0.05, 0.1) is 13.5 Å². The van der Waals surface area contributed by atoms with Crippen molar-refractivity contribution < 1.29 is 19.1 Å². The van der Waals surface area contributed by atoms with Gasteiger partial charge < -0.3 is 9.47 Å². The van der Waals surface area contributed by atoms with Crippen LogP contribution in [0.1, 0.15) is 18.1 Å². The molecule has 0 spiro atoms. The number of rotatable bonds is 4. The predicted molar refractivity (Wildman–Crippen MR) is 57.6 cm³/mol. The van der Waals surface area contributed by atoms with Crippen LogP contribution >= 0.6 is 0 Å². The van der Waals surface area contributed by atoms with Gasteiger partial charge >= 0.3 is 11.9 Å². The highest BCUT2D eigenvalue weighted by molar-refractivity contribution is 5.72. The molecule has 0 bridgehead atoms. The number of carbonyl (C=O) groups is 2. The van der Waals surface area contributed by atoms with Gasteiger partial charge in [-0.2, -0.15) is 0 Å². The summed E-state index contributed by atoms with van der Waals surface area (Å²) in [5, 5.41) is 0. The van der Waals surface area contributed by atoms with Crippen LogP contribution in [0.25, 0.3) is 0 Å². The van der Waals surface area contributed by atoms with Gasteiger partial charge in [0.1, 0.15) is 6.61 Å². The van der Waals surface area contributed by atoms with Gasteiger partial charge in [0.15, 0.2) is 0 Å². The topological polar surface area (TPSA) is 52.6 Å². The molecule has 4 nitrogen and oxygen atoms in total. The maximum atomic E-state index is 11.1. The van der Waals surface area contributed by atoms with E-state index < -0.39 is 0 Å². The van der Waals surface area contributed by atoms with Crippen molar-refractivity contribution in [2.75, 3.05) is 7.11 Å². The van der Waals surface area contributed by atoms with Crippen LogP contribution in [-0.2, 0) is 32.1 Å². The summed E-state index contributed by atoms with van der Waals surface area (Å²) in [6.07, 6.45) is 0.227. The summed E-state index contributed by atoms with van der Waals surface area (Å²) in [4.78, 5) is 21.7. The average Bonchev–Trinajstić information content (AvgIpc) is 2.26. The Balaban J connectivity index is 2.63. The molecule has 0 unspecified atom stereocenters. The SMILES string of the molecule is COC(=O)Cc1cccc(COC(C)=O)c1. The Morgan fingerprint density at radius 2 is 1.94 bits per heavy atom. The van der Waals surface area contributed by atoms with Gasteiger partial charge in [-0.15, -0.1) is 0 Å². The molecule has 0 saturated carbocycles. The Kier molecular flexibility index (Phi) is 4.51. The van der Waals surface area contributed by atoms with Crippen LogP contribution in [0.2, 0.25) is 0 Å². The van der Waals surface area contributed by atoms with E-state index in [2.05, 4.69) is 4.74 Å². The van der Waals surface area contributed by atoms with Crippen LogP contribution in [0.15, 0.2) is 24.3 Å². The zero-order chi connectivity index (χ0) is 12.0. The van der Waals surface area contributed by atoms with Gasteiger partial charge in [-0.05, 0) is 11.1 Å². The van der Waals surface area contributed by atoms with E-state index >= 15 is 0 Å². The molecule has 86 valence electrons. The van der Waals surface area contributed by atoms with Crippen molar-refractivity contribution in [3.05, 3.63) is 35.4 Å². The van der Waals surface area contributed by atoms with Crippen LogP contribution in [0.3, 0.4) is 0 Å². The minimum atomic E-state index is -0.321. The maximum absolute atomic E-state index is 11.1. The van der Waals surface area contributed by atoms with E-state index in [0.29, 0.717) is 0 Å². The van der Waals surface area contributed by atoms with Gasteiger partial charge in [-0.1, -0.05) is 24.3 Å². The molecule has 0 aliphatic heterocycles. The van der Waals surface area contributed by atoms with Gasteiger partial charge in [-0.3, -0.25) is 9.59 Å². The second-order valence-corrected chi connectivity index (χ2v) is 3.35. The van der Waals surface area contributed by atoms with Crippen molar-refractivity contribution in [2.24, 2.45) is 0 Å². The summed E-state index contributed by atoms with van der Waals surface area (Å²) < 4.78 is 9.43. The summed E-state index contributed by atoms with van der Waals surface area (Å²) in [6, 6.07) is 7.30. The van der Waals surface area contributed by atoms with E-state index in [1.165, 1.54) is 14.0 Å². The molecule has 0 amide bonds. The summed E-state index contributed by atoms with van der Waals surface area (Å²) in [5.41, 5.74) is 1.70. The molecule has 1 aromatic rings. The van der Waals surface area contributed by atoms with Gasteiger partial charge in [0.25, 0.3) is 0 Å². The molecule has 0 saturated heterocycles. The Hall–Kier alpha value is -1.84. The van der Waals surface area contributed by atoms with E-state index in [4.69, 9.17) is 4.74 Å². The van der Waals surface area contributed by atoms with Crippen LogP contribution in [-0.4, -0.2) is 19.0 Å². The fraction of sp³-hybridized carbons (Fsp3) is 0.333. The second-order valence-electron chi connectivity index (χ2n) is 3.35. The number of carbonyl (C=O) groups excluding carboxylic acids is 2. The van der Waals surface area contributed by atoms with E-state index in [9.17, 15) is 9.59 Å². The molecule has 0 radical (unpaired) electrons. The number of benzene rings is 1. The highest BCUT2D eigenvalue weighted by Crippen LogP contribution is 2.08. The molecule has 0 aliphatic carbocycles. The smallest absolute Gasteiger partial charge is 0.309 e. The third kappa shape index (κ3) is 4.13. The lowest BCUT2D eigenvalue weighted by molar-refractivity contribution is -0.142. The molecule has 16 heavy (non-hydrogen) atoms. The molecule has 1 rings (SSSR count). The zero-order valence-electron chi connectivity index (χ0n) is 9.36. The number of esters is 2. The third-order valence-electron chi connectivity index (χ3n) is 2.01. The predicted octanol–water partition coefficient (Wildman–Crippen LogP) is 1.47. The van der Waals surface area contributed by atoms with Gasteiger partial charge in [0, 0.05) is 6.92 Å². The van der Waals surface area contributed by atoms with Crippen molar-refractivity contribution in [3.8, 4) is 0 Å². The minimum absolute atomic E-state index is 0.227. The Labute approximate surface area is 94.2 Å². The monoisotopic (exact) mass is 222 g/mol. The molecule has 0 atom stereocenters. The third-order valence-corrected chi connectivity index (χ3v) is 2.01. The number of ether oxygens (including phenoxy) is 2. The van der Waals surface area contributed by atoms with E-state index in [0.717, 1.165) is 11.1 Å².